The van der Waals surface area contributed by atoms with E-state index in [1.807, 2.05) is 24.3 Å². The van der Waals surface area contributed by atoms with Crippen LogP contribution in [0.4, 0.5) is 4.39 Å². The molecule has 0 aliphatic rings. The Morgan fingerprint density at radius 2 is 1.67 bits per heavy atom. The maximum atomic E-state index is 14.0. The Kier molecular flexibility index (Phi) is 4.41. The van der Waals surface area contributed by atoms with E-state index in [2.05, 4.69) is 6.92 Å². The number of carboxylic acid groups (broad SMARTS) is 1. The number of halogens is 1. The van der Waals surface area contributed by atoms with Gasteiger partial charge in [-0.05, 0) is 37.0 Å². The van der Waals surface area contributed by atoms with Crippen LogP contribution in [0, 0.1) is 5.82 Å². The molecule has 1 atom stereocenters. The van der Waals surface area contributed by atoms with Crippen molar-refractivity contribution in [3.8, 4) is 0 Å². The number of carbonyl (C=O) groups is 1. The fourth-order valence-electron chi connectivity index (χ4n) is 2.50. The van der Waals surface area contributed by atoms with E-state index in [9.17, 15) is 14.3 Å². The van der Waals surface area contributed by atoms with Gasteiger partial charge in [0.15, 0.2) is 0 Å². The van der Waals surface area contributed by atoms with E-state index >= 15 is 0 Å². The van der Waals surface area contributed by atoms with E-state index in [0.717, 1.165) is 12.0 Å². The minimum Gasteiger partial charge on any atom is -0.481 e. The van der Waals surface area contributed by atoms with Crippen molar-refractivity contribution in [2.24, 2.45) is 0 Å². The molecule has 0 aliphatic carbocycles. The molecule has 0 aliphatic heterocycles. The highest BCUT2D eigenvalue weighted by molar-refractivity contribution is 5.81. The lowest BCUT2D eigenvalue weighted by molar-refractivity contribution is -0.143. The molecular weight excluding hydrogens is 267 g/mol. The van der Waals surface area contributed by atoms with Crippen LogP contribution in [0.2, 0.25) is 0 Å². The van der Waals surface area contributed by atoms with Crippen molar-refractivity contribution in [3.05, 3.63) is 71.0 Å². The average Bonchev–Trinajstić information content (AvgIpc) is 2.48. The lowest BCUT2D eigenvalue weighted by atomic mass is 9.77. The van der Waals surface area contributed by atoms with E-state index < -0.39 is 17.2 Å². The standard InChI is InChI=1S/C18H19FO2/c1-3-13-8-10-14(11-9-13)12-18(2,17(20)21)15-6-4-5-7-16(15)19/h4-11H,3,12H2,1-2H3,(H,20,21). The van der Waals surface area contributed by atoms with Crippen LogP contribution in [0.15, 0.2) is 48.5 Å². The van der Waals surface area contributed by atoms with Gasteiger partial charge in [-0.3, -0.25) is 4.79 Å². The third-order valence-corrected chi connectivity index (χ3v) is 3.93. The first-order valence-electron chi connectivity index (χ1n) is 7.03. The molecule has 0 amide bonds. The molecule has 0 heterocycles. The number of hydrogen-bond acceptors (Lipinski definition) is 1. The quantitative estimate of drug-likeness (QED) is 0.903. The van der Waals surface area contributed by atoms with Crippen molar-refractivity contribution in [3.63, 3.8) is 0 Å². The van der Waals surface area contributed by atoms with Gasteiger partial charge in [0.05, 0.1) is 5.41 Å². The summed E-state index contributed by atoms with van der Waals surface area (Å²) in [7, 11) is 0. The normalized spacial score (nSPS) is 13.7. The van der Waals surface area contributed by atoms with Crippen molar-refractivity contribution in [2.75, 3.05) is 0 Å². The largest absolute Gasteiger partial charge is 0.481 e. The summed E-state index contributed by atoms with van der Waals surface area (Å²) in [5.74, 6) is -1.50. The van der Waals surface area contributed by atoms with Crippen LogP contribution in [-0.4, -0.2) is 11.1 Å². The minimum absolute atomic E-state index is 0.220. The highest BCUT2D eigenvalue weighted by atomic mass is 19.1. The number of benzene rings is 2. The topological polar surface area (TPSA) is 37.3 Å². The maximum Gasteiger partial charge on any atom is 0.314 e. The molecule has 1 N–H and O–H groups in total. The van der Waals surface area contributed by atoms with E-state index in [1.165, 1.54) is 11.6 Å². The lowest BCUT2D eigenvalue weighted by Crippen LogP contribution is -2.35. The van der Waals surface area contributed by atoms with Crippen molar-refractivity contribution in [2.45, 2.75) is 32.1 Å². The summed E-state index contributed by atoms with van der Waals surface area (Å²) in [6.45, 7) is 3.64. The molecule has 0 bridgehead atoms. The van der Waals surface area contributed by atoms with Crippen molar-refractivity contribution < 1.29 is 14.3 Å². The molecule has 0 saturated heterocycles. The number of aryl methyl sites for hydroxylation is 1. The second-order valence-electron chi connectivity index (χ2n) is 5.46. The molecule has 0 spiro atoms. The number of rotatable bonds is 5. The second-order valence-corrected chi connectivity index (χ2v) is 5.46. The van der Waals surface area contributed by atoms with Crippen LogP contribution in [0.3, 0.4) is 0 Å². The van der Waals surface area contributed by atoms with Gasteiger partial charge in [0.25, 0.3) is 0 Å². The smallest absolute Gasteiger partial charge is 0.314 e. The summed E-state index contributed by atoms with van der Waals surface area (Å²) in [6, 6.07) is 13.9. The Hall–Kier alpha value is -2.16. The maximum absolute atomic E-state index is 14.0. The van der Waals surface area contributed by atoms with E-state index in [0.29, 0.717) is 0 Å². The van der Waals surface area contributed by atoms with Gasteiger partial charge in [0, 0.05) is 5.56 Å². The van der Waals surface area contributed by atoms with Gasteiger partial charge in [-0.15, -0.1) is 0 Å². The molecule has 2 aromatic carbocycles. The van der Waals surface area contributed by atoms with Crippen LogP contribution in [0.25, 0.3) is 0 Å². The molecule has 21 heavy (non-hydrogen) atoms. The van der Waals surface area contributed by atoms with Gasteiger partial charge in [-0.25, -0.2) is 4.39 Å². The third-order valence-electron chi connectivity index (χ3n) is 3.93. The zero-order valence-electron chi connectivity index (χ0n) is 12.3. The zero-order chi connectivity index (χ0) is 15.5. The van der Waals surface area contributed by atoms with E-state index in [4.69, 9.17) is 0 Å². The molecule has 2 aromatic rings. The Labute approximate surface area is 124 Å². The Bertz CT molecular complexity index is 634. The predicted octanol–water partition coefficient (Wildman–Crippen LogP) is 3.97. The zero-order valence-corrected chi connectivity index (χ0v) is 12.3. The van der Waals surface area contributed by atoms with Crippen molar-refractivity contribution in [1.29, 1.82) is 0 Å². The summed E-state index contributed by atoms with van der Waals surface area (Å²) < 4.78 is 14.0. The molecule has 0 saturated carbocycles. The SMILES string of the molecule is CCc1ccc(CC(C)(C(=O)O)c2ccccc2F)cc1. The average molecular weight is 286 g/mol. The van der Waals surface area contributed by atoms with Crippen LogP contribution in [0.1, 0.15) is 30.5 Å². The third kappa shape index (κ3) is 3.13. The van der Waals surface area contributed by atoms with Crippen molar-refractivity contribution >= 4 is 5.97 Å². The van der Waals surface area contributed by atoms with Gasteiger partial charge in [0.2, 0.25) is 0 Å². The van der Waals surface area contributed by atoms with Crippen LogP contribution >= 0.6 is 0 Å². The summed E-state index contributed by atoms with van der Waals surface area (Å²) in [5, 5.41) is 9.61. The molecule has 0 fully saturated rings. The van der Waals surface area contributed by atoms with Crippen molar-refractivity contribution in [1.82, 2.24) is 0 Å². The molecule has 3 heteroatoms. The van der Waals surface area contributed by atoms with Gasteiger partial charge < -0.3 is 5.11 Å². The lowest BCUT2D eigenvalue weighted by Gasteiger charge is -2.26. The summed E-state index contributed by atoms with van der Waals surface area (Å²) >= 11 is 0. The van der Waals surface area contributed by atoms with Gasteiger partial charge in [0.1, 0.15) is 5.82 Å². The minimum atomic E-state index is -1.28. The Balaban J connectivity index is 2.38. The number of aliphatic carboxylic acids is 1. The molecule has 2 nitrogen and oxygen atoms in total. The summed E-state index contributed by atoms with van der Waals surface area (Å²) in [4.78, 5) is 11.7. The molecule has 0 radical (unpaired) electrons. The van der Waals surface area contributed by atoms with Crippen LogP contribution < -0.4 is 0 Å². The molecular formula is C18H19FO2. The first kappa shape index (κ1) is 15.2. The monoisotopic (exact) mass is 286 g/mol. The molecule has 1 unspecified atom stereocenters. The highest BCUT2D eigenvalue weighted by Crippen LogP contribution is 2.30. The van der Waals surface area contributed by atoms with Crippen LogP contribution in [0.5, 0.6) is 0 Å². The summed E-state index contributed by atoms with van der Waals surface area (Å²) in [6.07, 6.45) is 1.19. The first-order valence-corrected chi connectivity index (χ1v) is 7.03. The van der Waals surface area contributed by atoms with Gasteiger partial charge >= 0.3 is 5.97 Å². The Morgan fingerprint density at radius 1 is 1.10 bits per heavy atom. The predicted molar refractivity (Wildman–Crippen MR) is 80.9 cm³/mol. The Morgan fingerprint density at radius 3 is 2.19 bits per heavy atom. The first-order chi connectivity index (χ1) is 9.97. The van der Waals surface area contributed by atoms with Crippen LogP contribution in [-0.2, 0) is 23.1 Å². The number of hydrogen-bond donors (Lipinski definition) is 1. The fraction of sp³-hybridized carbons (Fsp3) is 0.278. The van der Waals surface area contributed by atoms with Gasteiger partial charge in [-0.2, -0.15) is 0 Å². The fourth-order valence-corrected chi connectivity index (χ4v) is 2.50. The van der Waals surface area contributed by atoms with E-state index in [-0.39, 0.29) is 12.0 Å². The summed E-state index contributed by atoms with van der Waals surface area (Å²) in [5.41, 5.74) is 1.03. The molecule has 2 rings (SSSR count). The second kappa shape index (κ2) is 6.08. The van der Waals surface area contributed by atoms with E-state index in [1.54, 1.807) is 25.1 Å². The molecule has 0 aromatic heterocycles. The van der Waals surface area contributed by atoms with Gasteiger partial charge in [-0.1, -0.05) is 49.4 Å². The highest BCUT2D eigenvalue weighted by Gasteiger charge is 2.37. The molecule has 110 valence electrons. The number of carboxylic acids is 1.